The zero-order valence-electron chi connectivity index (χ0n) is 12.3. The number of hydrogen-bond donors (Lipinski definition) is 1. The molecule has 3 rings (SSSR count). The summed E-state index contributed by atoms with van der Waals surface area (Å²) in [5.41, 5.74) is 1.20. The number of ether oxygens (including phenoxy) is 1. The molecule has 0 aliphatic carbocycles. The van der Waals surface area contributed by atoms with E-state index in [-0.39, 0.29) is 11.9 Å². The first-order valence-corrected chi connectivity index (χ1v) is 8.61. The van der Waals surface area contributed by atoms with Gasteiger partial charge in [-0.25, -0.2) is 4.79 Å². The topological polar surface area (TPSA) is 71.5 Å². The minimum atomic E-state index is -0.429. The van der Waals surface area contributed by atoms with Gasteiger partial charge in [-0.1, -0.05) is 0 Å². The summed E-state index contributed by atoms with van der Waals surface area (Å²) in [5.74, 6) is -0.487. The predicted octanol–water partition coefficient (Wildman–Crippen LogP) is 2.91. The molecule has 1 aliphatic heterocycles. The Hall–Kier alpha value is -1.93. The lowest BCUT2D eigenvalue weighted by Gasteiger charge is -2.17. The molecule has 2 aromatic heterocycles. The number of esters is 1. The van der Waals surface area contributed by atoms with Gasteiger partial charge < -0.3 is 15.0 Å². The number of carbonyl (C=O) groups is 2. The van der Waals surface area contributed by atoms with E-state index < -0.39 is 5.97 Å². The molecule has 6 nitrogen and oxygen atoms in total. The second-order valence-corrected chi connectivity index (χ2v) is 6.81. The van der Waals surface area contributed by atoms with Gasteiger partial charge in [0.1, 0.15) is 11.0 Å². The Morgan fingerprint density at radius 1 is 1.52 bits per heavy atom. The fraction of sp³-hybridized carbons (Fsp3) is 0.267. The van der Waals surface area contributed by atoms with Gasteiger partial charge in [0.2, 0.25) is 5.91 Å². The number of carbonyl (C=O) groups excluding carboxylic acids is 2. The Bertz CT molecular complexity index is 749. The summed E-state index contributed by atoms with van der Waals surface area (Å²) in [6.07, 6.45) is 4.01. The molecule has 1 aliphatic rings. The lowest BCUT2D eigenvalue weighted by Crippen LogP contribution is -2.33. The Labute approximate surface area is 145 Å². The maximum Gasteiger partial charge on any atom is 0.340 e. The van der Waals surface area contributed by atoms with Crippen LogP contribution in [0.2, 0.25) is 0 Å². The molecule has 1 fully saturated rings. The van der Waals surface area contributed by atoms with Crippen LogP contribution in [0.4, 0.5) is 10.7 Å². The number of nitrogens with zero attached hydrogens (tertiary/aromatic N) is 2. The number of halogens is 1. The number of anilines is 2. The zero-order chi connectivity index (χ0) is 16.4. The van der Waals surface area contributed by atoms with Crippen molar-refractivity contribution in [2.45, 2.75) is 12.5 Å². The molecule has 1 saturated heterocycles. The van der Waals surface area contributed by atoms with E-state index in [9.17, 15) is 9.59 Å². The number of methoxy groups -OCH3 is 1. The monoisotopic (exact) mass is 395 g/mol. The number of hydrogen-bond acceptors (Lipinski definition) is 6. The molecule has 1 atom stereocenters. The van der Waals surface area contributed by atoms with Gasteiger partial charge in [0, 0.05) is 17.2 Å². The molecule has 0 bridgehead atoms. The second-order valence-electron chi connectivity index (χ2n) is 5.00. The van der Waals surface area contributed by atoms with E-state index in [1.54, 1.807) is 28.7 Å². The van der Waals surface area contributed by atoms with Crippen LogP contribution in [0.1, 0.15) is 16.8 Å². The summed E-state index contributed by atoms with van der Waals surface area (Å²) < 4.78 is 5.61. The highest BCUT2D eigenvalue weighted by atomic mass is 79.9. The minimum absolute atomic E-state index is 0.0578. The molecular formula is C15H14BrN3O3S. The summed E-state index contributed by atoms with van der Waals surface area (Å²) in [5, 5.41) is 5.61. The largest absolute Gasteiger partial charge is 0.465 e. The number of amides is 1. The quantitative estimate of drug-likeness (QED) is 0.805. The Morgan fingerprint density at radius 3 is 3.09 bits per heavy atom. The van der Waals surface area contributed by atoms with Gasteiger partial charge in [-0.3, -0.25) is 9.78 Å². The van der Waals surface area contributed by atoms with E-state index in [1.165, 1.54) is 18.4 Å². The molecule has 1 N–H and O–H groups in total. The van der Waals surface area contributed by atoms with Crippen molar-refractivity contribution in [3.8, 4) is 0 Å². The van der Waals surface area contributed by atoms with Crippen LogP contribution in [-0.2, 0) is 9.53 Å². The summed E-state index contributed by atoms with van der Waals surface area (Å²) >= 11 is 4.72. The Kier molecular flexibility index (Phi) is 4.63. The van der Waals surface area contributed by atoms with Crippen molar-refractivity contribution in [3.63, 3.8) is 0 Å². The fourth-order valence-corrected chi connectivity index (χ4v) is 3.77. The molecule has 120 valence electrons. The Balaban J connectivity index is 1.77. The molecule has 8 heteroatoms. The molecule has 0 saturated carbocycles. The van der Waals surface area contributed by atoms with Gasteiger partial charge in [0.15, 0.2) is 0 Å². The van der Waals surface area contributed by atoms with Gasteiger partial charge in [-0.2, -0.15) is 0 Å². The van der Waals surface area contributed by atoms with E-state index >= 15 is 0 Å². The number of rotatable bonds is 4. The first-order chi connectivity index (χ1) is 11.1. The summed E-state index contributed by atoms with van der Waals surface area (Å²) in [6, 6.07) is 3.21. The molecule has 3 heterocycles. The third kappa shape index (κ3) is 3.23. The number of aromatic nitrogens is 1. The fourth-order valence-electron chi connectivity index (χ4n) is 2.48. The maximum atomic E-state index is 12.6. The van der Waals surface area contributed by atoms with Crippen molar-refractivity contribution >= 4 is 49.8 Å². The summed E-state index contributed by atoms with van der Waals surface area (Å²) in [7, 11) is 1.33. The van der Waals surface area contributed by atoms with Gasteiger partial charge in [-0.05, 0) is 39.9 Å². The average Bonchev–Trinajstić information content (AvgIpc) is 3.14. The minimum Gasteiger partial charge on any atom is -0.465 e. The molecule has 23 heavy (non-hydrogen) atoms. The molecule has 1 amide bonds. The standard InChI is InChI=1S/C15H14BrN3O3S/c1-22-15(21)11-3-5-23-14(11)19-4-2-12(13(19)20)18-10-6-9(16)7-17-8-10/h3,5-8,12,18H,2,4H2,1H3. The lowest BCUT2D eigenvalue weighted by molar-refractivity contribution is -0.117. The molecule has 0 radical (unpaired) electrons. The van der Waals surface area contributed by atoms with Crippen LogP contribution in [0.5, 0.6) is 0 Å². The van der Waals surface area contributed by atoms with Crippen molar-refractivity contribution in [2.75, 3.05) is 23.9 Å². The highest BCUT2D eigenvalue weighted by Gasteiger charge is 2.35. The Morgan fingerprint density at radius 2 is 2.35 bits per heavy atom. The summed E-state index contributed by atoms with van der Waals surface area (Å²) in [6.45, 7) is 0.558. The van der Waals surface area contributed by atoms with E-state index in [2.05, 4.69) is 26.2 Å². The molecular weight excluding hydrogens is 382 g/mol. The first kappa shape index (κ1) is 15.9. The van der Waals surface area contributed by atoms with Crippen LogP contribution in [0.25, 0.3) is 0 Å². The van der Waals surface area contributed by atoms with Crippen LogP contribution in [0, 0.1) is 0 Å². The van der Waals surface area contributed by atoms with Crippen LogP contribution in [0.3, 0.4) is 0 Å². The number of pyridine rings is 1. The van der Waals surface area contributed by atoms with Gasteiger partial charge in [0.05, 0.1) is 24.6 Å². The highest BCUT2D eigenvalue weighted by Crippen LogP contribution is 2.32. The van der Waals surface area contributed by atoms with Crippen molar-refractivity contribution < 1.29 is 14.3 Å². The van der Waals surface area contributed by atoms with Crippen molar-refractivity contribution in [1.29, 1.82) is 0 Å². The van der Waals surface area contributed by atoms with Gasteiger partial charge in [-0.15, -0.1) is 11.3 Å². The van der Waals surface area contributed by atoms with Crippen molar-refractivity contribution in [1.82, 2.24) is 4.98 Å². The maximum absolute atomic E-state index is 12.6. The van der Waals surface area contributed by atoms with Crippen LogP contribution in [-0.4, -0.2) is 36.6 Å². The number of thiophene rings is 1. The normalized spacial score (nSPS) is 17.4. The predicted molar refractivity (Wildman–Crippen MR) is 92.0 cm³/mol. The molecule has 1 unspecified atom stereocenters. The van der Waals surface area contributed by atoms with E-state index in [4.69, 9.17) is 4.74 Å². The van der Waals surface area contributed by atoms with Crippen LogP contribution >= 0.6 is 27.3 Å². The molecule has 2 aromatic rings. The smallest absolute Gasteiger partial charge is 0.340 e. The van der Waals surface area contributed by atoms with Crippen LogP contribution < -0.4 is 10.2 Å². The third-order valence-electron chi connectivity index (χ3n) is 3.55. The van der Waals surface area contributed by atoms with E-state index in [1.807, 2.05) is 6.07 Å². The zero-order valence-corrected chi connectivity index (χ0v) is 14.7. The second kappa shape index (κ2) is 6.67. The molecule has 0 spiro atoms. The highest BCUT2D eigenvalue weighted by molar-refractivity contribution is 9.10. The van der Waals surface area contributed by atoms with Gasteiger partial charge in [0.25, 0.3) is 0 Å². The lowest BCUT2D eigenvalue weighted by atomic mass is 10.2. The SMILES string of the molecule is COC(=O)c1ccsc1N1CCC(Nc2cncc(Br)c2)C1=O. The first-order valence-electron chi connectivity index (χ1n) is 6.94. The number of nitrogens with one attached hydrogen (secondary N) is 1. The van der Waals surface area contributed by atoms with Crippen LogP contribution in [0.15, 0.2) is 34.4 Å². The van der Waals surface area contributed by atoms with E-state index in [0.717, 1.165) is 10.2 Å². The average molecular weight is 396 g/mol. The third-order valence-corrected chi connectivity index (χ3v) is 4.92. The van der Waals surface area contributed by atoms with E-state index in [0.29, 0.717) is 23.5 Å². The van der Waals surface area contributed by atoms with Crippen molar-refractivity contribution in [3.05, 3.63) is 39.9 Å². The van der Waals surface area contributed by atoms with Crippen molar-refractivity contribution in [2.24, 2.45) is 0 Å². The van der Waals surface area contributed by atoms with Gasteiger partial charge >= 0.3 is 5.97 Å². The summed E-state index contributed by atoms with van der Waals surface area (Å²) in [4.78, 5) is 30.1. The molecule has 0 aromatic carbocycles.